The second kappa shape index (κ2) is 8.28. The number of anilines is 2. The minimum absolute atomic E-state index is 0.0818. The summed E-state index contributed by atoms with van der Waals surface area (Å²) in [6, 6.07) is 17.8. The molecule has 0 aliphatic heterocycles. The Bertz CT molecular complexity index is 1160. The summed E-state index contributed by atoms with van der Waals surface area (Å²) in [6.45, 7) is 2.14. The molecular weight excluding hydrogens is 384 g/mol. The summed E-state index contributed by atoms with van der Waals surface area (Å²) in [4.78, 5) is 22.0. The minimum atomic E-state index is -0.0818. The maximum Gasteiger partial charge on any atom is 0.221 e. The second-order valence-electron chi connectivity index (χ2n) is 6.52. The van der Waals surface area contributed by atoms with Crippen molar-refractivity contribution in [2.75, 3.05) is 17.7 Å². The lowest BCUT2D eigenvalue weighted by Gasteiger charge is -2.07. The highest BCUT2D eigenvalue weighted by Gasteiger charge is 2.10. The molecule has 2 N–H and O–H groups in total. The van der Waals surface area contributed by atoms with Crippen molar-refractivity contribution >= 4 is 39.0 Å². The first kappa shape index (κ1) is 18.9. The highest BCUT2D eigenvalue weighted by atomic mass is 32.1. The molecule has 2 heterocycles. The average Bonchev–Trinajstić information content (AvgIpc) is 3.17. The summed E-state index contributed by atoms with van der Waals surface area (Å²) in [6.07, 6.45) is 1.58. The van der Waals surface area contributed by atoms with E-state index < -0.39 is 0 Å². The van der Waals surface area contributed by atoms with Gasteiger partial charge in [-0.1, -0.05) is 24.3 Å². The van der Waals surface area contributed by atoms with E-state index >= 15 is 0 Å². The molecule has 4 rings (SSSR count). The van der Waals surface area contributed by atoms with Gasteiger partial charge in [-0.15, -0.1) is 11.3 Å². The van der Waals surface area contributed by atoms with Crippen molar-refractivity contribution in [2.24, 2.45) is 0 Å². The molecule has 0 unspecified atom stereocenters. The number of fused-ring (bicyclic) bond motifs is 1. The third kappa shape index (κ3) is 4.35. The predicted octanol–water partition coefficient (Wildman–Crippen LogP) is 4.94. The highest BCUT2D eigenvalue weighted by molar-refractivity contribution is 7.21. The fourth-order valence-electron chi connectivity index (χ4n) is 3.03. The van der Waals surface area contributed by atoms with Crippen molar-refractivity contribution in [2.45, 2.75) is 13.5 Å². The molecule has 6 nitrogen and oxygen atoms in total. The monoisotopic (exact) mass is 404 g/mol. The fourth-order valence-corrected chi connectivity index (χ4v) is 4.03. The maximum absolute atomic E-state index is 11.2. The second-order valence-corrected chi connectivity index (χ2v) is 7.55. The van der Waals surface area contributed by atoms with Crippen LogP contribution in [0.3, 0.4) is 0 Å². The van der Waals surface area contributed by atoms with E-state index in [4.69, 9.17) is 4.74 Å². The number of hydrogen-bond acceptors (Lipinski definition) is 6. The summed E-state index contributed by atoms with van der Waals surface area (Å²) >= 11 is 1.61. The third-order valence-corrected chi connectivity index (χ3v) is 5.51. The topological polar surface area (TPSA) is 76.1 Å². The van der Waals surface area contributed by atoms with E-state index in [9.17, 15) is 4.79 Å². The highest BCUT2D eigenvalue weighted by Crippen LogP contribution is 2.35. The van der Waals surface area contributed by atoms with Crippen LogP contribution in [0.1, 0.15) is 12.5 Å². The molecule has 0 bridgehead atoms. The number of nitrogens with zero attached hydrogens (tertiary/aromatic N) is 2. The van der Waals surface area contributed by atoms with Crippen LogP contribution in [0.15, 0.2) is 60.9 Å². The van der Waals surface area contributed by atoms with Crippen LogP contribution < -0.4 is 15.4 Å². The van der Waals surface area contributed by atoms with Crippen LogP contribution in [0.4, 0.5) is 11.5 Å². The molecule has 2 aromatic carbocycles. The maximum atomic E-state index is 11.2. The van der Waals surface area contributed by atoms with Gasteiger partial charge in [0.05, 0.1) is 12.5 Å². The smallest absolute Gasteiger partial charge is 0.221 e. The summed E-state index contributed by atoms with van der Waals surface area (Å²) in [5.41, 5.74) is 2.96. The van der Waals surface area contributed by atoms with Crippen molar-refractivity contribution in [3.05, 3.63) is 66.5 Å². The summed E-state index contributed by atoms with van der Waals surface area (Å²) in [7, 11) is 1.66. The van der Waals surface area contributed by atoms with Crippen molar-refractivity contribution in [3.8, 4) is 16.2 Å². The molecule has 1 amide bonds. The number of methoxy groups -OCH3 is 1. The van der Waals surface area contributed by atoms with Crippen LogP contribution in [0.25, 0.3) is 20.7 Å². The van der Waals surface area contributed by atoms with E-state index in [0.29, 0.717) is 6.54 Å². The first-order valence-electron chi connectivity index (χ1n) is 9.12. The standard InChI is InChI=1S/C22H20N4O2S/c1-14(27)26-17-8-6-16(7-9-17)20-11-19-21(24-13-25-22(19)29-20)23-12-15-4-3-5-18(10-15)28-2/h3-11,13H,12H2,1-2H3,(H,26,27)(H,23,24,25). The zero-order chi connectivity index (χ0) is 20.2. The van der Waals surface area contributed by atoms with Crippen LogP contribution in [0.5, 0.6) is 5.75 Å². The third-order valence-electron chi connectivity index (χ3n) is 4.41. The number of rotatable bonds is 6. The number of carbonyl (C=O) groups is 1. The Balaban J connectivity index is 1.57. The molecule has 0 fully saturated rings. The van der Waals surface area contributed by atoms with Crippen molar-refractivity contribution < 1.29 is 9.53 Å². The van der Waals surface area contributed by atoms with Crippen molar-refractivity contribution in [1.82, 2.24) is 9.97 Å². The molecule has 4 aromatic rings. The van der Waals surface area contributed by atoms with Crippen LogP contribution in [0, 0.1) is 0 Å². The number of carbonyl (C=O) groups excluding carboxylic acids is 1. The number of nitrogens with one attached hydrogen (secondary N) is 2. The van der Waals surface area contributed by atoms with Gasteiger partial charge in [0, 0.05) is 24.0 Å². The molecule has 0 spiro atoms. The molecule has 0 saturated heterocycles. The SMILES string of the molecule is COc1cccc(CNc2ncnc3sc(-c4ccc(NC(C)=O)cc4)cc23)c1. The number of aromatic nitrogens is 2. The number of ether oxygens (including phenoxy) is 1. The zero-order valence-electron chi connectivity index (χ0n) is 16.1. The molecule has 0 aliphatic rings. The van der Waals surface area contributed by atoms with Crippen LogP contribution in [-0.4, -0.2) is 23.0 Å². The molecule has 0 atom stereocenters. The van der Waals surface area contributed by atoms with E-state index in [1.54, 1.807) is 24.8 Å². The molecule has 2 aromatic heterocycles. The predicted molar refractivity (Wildman–Crippen MR) is 117 cm³/mol. The van der Waals surface area contributed by atoms with E-state index in [0.717, 1.165) is 43.5 Å². The Morgan fingerprint density at radius 2 is 1.93 bits per heavy atom. The Morgan fingerprint density at radius 3 is 2.69 bits per heavy atom. The zero-order valence-corrected chi connectivity index (χ0v) is 16.9. The number of thiophene rings is 1. The molecule has 0 saturated carbocycles. The largest absolute Gasteiger partial charge is 0.497 e. The normalized spacial score (nSPS) is 10.7. The van der Waals surface area contributed by atoms with Crippen LogP contribution in [-0.2, 0) is 11.3 Å². The quantitative estimate of drug-likeness (QED) is 0.476. The lowest BCUT2D eigenvalue weighted by atomic mass is 10.1. The van der Waals surface area contributed by atoms with E-state index in [1.165, 1.54) is 6.92 Å². The Hall–Kier alpha value is -3.45. The molecule has 146 valence electrons. The van der Waals surface area contributed by atoms with E-state index in [2.05, 4.69) is 26.7 Å². The fraction of sp³-hybridized carbons (Fsp3) is 0.136. The summed E-state index contributed by atoms with van der Waals surface area (Å²) in [5.74, 6) is 1.55. The molecule has 7 heteroatoms. The van der Waals surface area contributed by atoms with Gasteiger partial charge in [0.15, 0.2) is 0 Å². The van der Waals surface area contributed by atoms with Gasteiger partial charge in [0.2, 0.25) is 5.91 Å². The van der Waals surface area contributed by atoms with Crippen molar-refractivity contribution in [1.29, 1.82) is 0 Å². The van der Waals surface area contributed by atoms with Gasteiger partial charge < -0.3 is 15.4 Å². The van der Waals surface area contributed by atoms with Gasteiger partial charge >= 0.3 is 0 Å². The van der Waals surface area contributed by atoms with E-state index in [1.807, 2.05) is 48.5 Å². The van der Waals surface area contributed by atoms with Gasteiger partial charge in [-0.3, -0.25) is 4.79 Å². The van der Waals surface area contributed by atoms with E-state index in [-0.39, 0.29) is 5.91 Å². The summed E-state index contributed by atoms with van der Waals surface area (Å²) in [5, 5.41) is 7.17. The minimum Gasteiger partial charge on any atom is -0.497 e. The first-order valence-corrected chi connectivity index (χ1v) is 9.93. The lowest BCUT2D eigenvalue weighted by molar-refractivity contribution is -0.114. The molecule has 29 heavy (non-hydrogen) atoms. The Morgan fingerprint density at radius 1 is 1.10 bits per heavy atom. The van der Waals surface area contributed by atoms with Gasteiger partial charge in [-0.25, -0.2) is 9.97 Å². The van der Waals surface area contributed by atoms with Crippen molar-refractivity contribution in [3.63, 3.8) is 0 Å². The van der Waals surface area contributed by atoms with Crippen LogP contribution in [0.2, 0.25) is 0 Å². The molecule has 0 aliphatic carbocycles. The molecular formula is C22H20N4O2S. The summed E-state index contributed by atoms with van der Waals surface area (Å²) < 4.78 is 5.28. The lowest BCUT2D eigenvalue weighted by Crippen LogP contribution is -2.05. The van der Waals surface area contributed by atoms with Gasteiger partial charge in [0.1, 0.15) is 22.7 Å². The number of hydrogen-bond donors (Lipinski definition) is 2. The van der Waals surface area contributed by atoms with Gasteiger partial charge in [0.25, 0.3) is 0 Å². The average molecular weight is 404 g/mol. The molecule has 0 radical (unpaired) electrons. The Kier molecular flexibility index (Phi) is 5.39. The van der Waals surface area contributed by atoms with Gasteiger partial charge in [-0.2, -0.15) is 0 Å². The number of amides is 1. The number of benzene rings is 2. The Labute approximate surface area is 172 Å². The van der Waals surface area contributed by atoms with Crippen LogP contribution >= 0.6 is 11.3 Å². The first-order chi connectivity index (χ1) is 14.1. The van der Waals surface area contributed by atoms with Gasteiger partial charge in [-0.05, 0) is 41.5 Å².